The Kier molecular flexibility index (Phi) is 7.06. The molecule has 3 heterocycles. The molecule has 3 aliphatic rings. The molecule has 5 nitrogen and oxygen atoms in total. The normalized spacial score (nSPS) is 30.5. The number of nitrogens with zero attached hydrogens (tertiary/aromatic N) is 2. The van der Waals surface area contributed by atoms with Crippen LogP contribution in [0.3, 0.4) is 0 Å². The predicted octanol–water partition coefficient (Wildman–Crippen LogP) is 4.58. The fourth-order valence-electron chi connectivity index (χ4n) is 5.97. The van der Waals surface area contributed by atoms with Gasteiger partial charge >= 0.3 is 6.18 Å². The molecule has 1 amide bonds. The van der Waals surface area contributed by atoms with E-state index in [2.05, 4.69) is 31.1 Å². The maximum Gasteiger partial charge on any atom is 0.417 e. The lowest BCUT2D eigenvalue weighted by Gasteiger charge is -2.40. The first-order valence-electron chi connectivity index (χ1n) is 12.3. The zero-order valence-corrected chi connectivity index (χ0v) is 19.9. The number of amides is 1. The van der Waals surface area contributed by atoms with E-state index in [9.17, 15) is 18.0 Å². The summed E-state index contributed by atoms with van der Waals surface area (Å²) in [6.45, 7) is 8.67. The number of ether oxygens (including phenoxy) is 1. The first kappa shape index (κ1) is 24.5. The molecule has 1 aromatic rings. The van der Waals surface area contributed by atoms with E-state index < -0.39 is 17.2 Å². The standard InChI is InChI=1S/C25H36F3N3O2/c1-4-17-15-33-10-7-22(17)30-20-5-8-24(12-20,16(2)3)23(32)31-9-6-21-18(14-31)11-19(13-29-21)25(26,27)28/h11,13,16-17,20,22,30H,4-10,12,14-15H2,1-3H3/t17-,20-,22-,24+/m1/s1. The molecule has 0 unspecified atom stereocenters. The van der Waals surface area contributed by atoms with Crippen LogP contribution in [0.2, 0.25) is 0 Å². The molecule has 4 atom stereocenters. The molecule has 2 fully saturated rings. The van der Waals surface area contributed by atoms with Crippen molar-refractivity contribution in [2.45, 2.75) is 84.1 Å². The molecule has 4 rings (SSSR count). The van der Waals surface area contributed by atoms with E-state index in [4.69, 9.17) is 4.74 Å². The van der Waals surface area contributed by atoms with E-state index in [0.717, 1.165) is 51.5 Å². The number of alkyl halides is 3. The highest BCUT2D eigenvalue weighted by molar-refractivity contribution is 5.83. The van der Waals surface area contributed by atoms with Crippen molar-refractivity contribution >= 4 is 5.91 Å². The van der Waals surface area contributed by atoms with Gasteiger partial charge in [0.25, 0.3) is 0 Å². The van der Waals surface area contributed by atoms with Gasteiger partial charge in [-0.1, -0.05) is 20.8 Å². The number of nitrogens with one attached hydrogen (secondary N) is 1. The minimum atomic E-state index is -4.43. The van der Waals surface area contributed by atoms with Crippen molar-refractivity contribution < 1.29 is 22.7 Å². The SMILES string of the molecule is CC[C@@H]1COCC[C@H]1N[C@@H]1CC[C@@](C(=O)N2CCc3ncc(C(F)(F)F)cc3C2)(C(C)C)C1. The quantitative estimate of drug-likeness (QED) is 0.689. The summed E-state index contributed by atoms with van der Waals surface area (Å²) in [5.74, 6) is 0.746. The highest BCUT2D eigenvalue weighted by atomic mass is 19.4. The molecule has 1 aliphatic carbocycles. The lowest BCUT2D eigenvalue weighted by atomic mass is 9.74. The molecule has 1 saturated heterocycles. The number of halogens is 3. The fourth-order valence-corrected chi connectivity index (χ4v) is 5.97. The highest BCUT2D eigenvalue weighted by Crippen LogP contribution is 2.47. The van der Waals surface area contributed by atoms with Gasteiger partial charge in [0.15, 0.2) is 0 Å². The number of hydrogen-bond acceptors (Lipinski definition) is 4. The molecule has 0 bridgehead atoms. The Morgan fingerprint density at radius 3 is 2.85 bits per heavy atom. The average molecular weight is 468 g/mol. The molecule has 184 valence electrons. The second kappa shape index (κ2) is 9.53. The smallest absolute Gasteiger partial charge is 0.381 e. The van der Waals surface area contributed by atoms with Crippen LogP contribution in [0.15, 0.2) is 12.3 Å². The Balaban J connectivity index is 1.48. The summed E-state index contributed by atoms with van der Waals surface area (Å²) in [7, 11) is 0. The van der Waals surface area contributed by atoms with Crippen LogP contribution in [0, 0.1) is 17.3 Å². The lowest BCUT2D eigenvalue weighted by Crippen LogP contribution is -2.50. The van der Waals surface area contributed by atoms with Crippen molar-refractivity contribution in [2.24, 2.45) is 17.3 Å². The lowest BCUT2D eigenvalue weighted by molar-refractivity contribution is -0.146. The van der Waals surface area contributed by atoms with E-state index in [1.807, 2.05) is 0 Å². The molecule has 0 radical (unpaired) electrons. The van der Waals surface area contributed by atoms with Crippen molar-refractivity contribution in [3.8, 4) is 0 Å². The molecular formula is C25H36F3N3O2. The molecule has 33 heavy (non-hydrogen) atoms. The number of hydrogen-bond donors (Lipinski definition) is 1. The monoisotopic (exact) mass is 467 g/mol. The molecule has 1 N–H and O–H groups in total. The Morgan fingerprint density at radius 2 is 2.15 bits per heavy atom. The number of carbonyl (C=O) groups is 1. The van der Waals surface area contributed by atoms with Crippen molar-refractivity contribution in [3.63, 3.8) is 0 Å². The van der Waals surface area contributed by atoms with Crippen molar-refractivity contribution in [3.05, 3.63) is 29.1 Å². The first-order valence-corrected chi connectivity index (χ1v) is 12.3. The third-order valence-electron chi connectivity index (χ3n) is 8.18. The largest absolute Gasteiger partial charge is 0.417 e. The Bertz CT molecular complexity index is 860. The summed E-state index contributed by atoms with van der Waals surface area (Å²) in [6, 6.07) is 1.86. The Morgan fingerprint density at radius 1 is 1.36 bits per heavy atom. The summed E-state index contributed by atoms with van der Waals surface area (Å²) in [5.41, 5.74) is -0.0381. The van der Waals surface area contributed by atoms with Crippen LogP contribution < -0.4 is 5.32 Å². The third kappa shape index (κ3) is 4.92. The minimum Gasteiger partial charge on any atom is -0.381 e. The molecule has 8 heteroatoms. The van der Waals surface area contributed by atoms with Crippen molar-refractivity contribution in [1.29, 1.82) is 0 Å². The summed E-state index contributed by atoms with van der Waals surface area (Å²) in [6.07, 6.45) is 1.57. The molecule has 2 aliphatic heterocycles. The second-order valence-corrected chi connectivity index (χ2v) is 10.4. The Labute approximate surface area is 194 Å². The fraction of sp³-hybridized carbons (Fsp3) is 0.760. The van der Waals surface area contributed by atoms with Gasteiger partial charge in [0.1, 0.15) is 0 Å². The number of rotatable bonds is 5. The van der Waals surface area contributed by atoms with E-state index in [-0.39, 0.29) is 24.4 Å². The van der Waals surface area contributed by atoms with Gasteiger partial charge in [-0.2, -0.15) is 13.2 Å². The van der Waals surface area contributed by atoms with Gasteiger partial charge in [-0.15, -0.1) is 0 Å². The van der Waals surface area contributed by atoms with Gasteiger partial charge < -0.3 is 15.0 Å². The van der Waals surface area contributed by atoms with Gasteiger partial charge in [0, 0.05) is 50.1 Å². The number of fused-ring (bicyclic) bond motifs is 1. The van der Waals surface area contributed by atoms with Gasteiger partial charge in [0.2, 0.25) is 5.91 Å². The molecule has 1 aromatic heterocycles. The first-order chi connectivity index (χ1) is 15.6. The van der Waals surface area contributed by atoms with Crippen LogP contribution in [-0.2, 0) is 28.7 Å². The van der Waals surface area contributed by atoms with Crippen LogP contribution in [0.5, 0.6) is 0 Å². The Hall–Kier alpha value is -1.67. The maximum absolute atomic E-state index is 13.8. The zero-order chi connectivity index (χ0) is 23.8. The van der Waals surface area contributed by atoms with E-state index in [1.54, 1.807) is 4.90 Å². The molecule has 0 spiro atoms. The molecule has 0 aromatic carbocycles. The minimum absolute atomic E-state index is 0.0869. The average Bonchev–Trinajstić information content (AvgIpc) is 3.23. The van der Waals surface area contributed by atoms with Gasteiger partial charge in [0.05, 0.1) is 17.6 Å². The summed E-state index contributed by atoms with van der Waals surface area (Å²) in [5, 5.41) is 3.84. The maximum atomic E-state index is 13.8. The van der Waals surface area contributed by atoms with Gasteiger partial charge in [-0.25, -0.2) is 0 Å². The van der Waals surface area contributed by atoms with Crippen molar-refractivity contribution in [2.75, 3.05) is 19.8 Å². The van der Waals surface area contributed by atoms with E-state index in [1.165, 1.54) is 6.07 Å². The van der Waals surface area contributed by atoms with E-state index >= 15 is 0 Å². The van der Waals surface area contributed by atoms with Crippen LogP contribution in [0.4, 0.5) is 13.2 Å². The van der Waals surface area contributed by atoms with Crippen LogP contribution in [0.25, 0.3) is 0 Å². The predicted molar refractivity (Wildman–Crippen MR) is 119 cm³/mol. The summed E-state index contributed by atoms with van der Waals surface area (Å²) >= 11 is 0. The number of aromatic nitrogens is 1. The summed E-state index contributed by atoms with van der Waals surface area (Å²) in [4.78, 5) is 19.7. The molecule has 1 saturated carbocycles. The topological polar surface area (TPSA) is 54.5 Å². The van der Waals surface area contributed by atoms with Gasteiger partial charge in [-0.3, -0.25) is 9.78 Å². The van der Waals surface area contributed by atoms with Crippen LogP contribution >= 0.6 is 0 Å². The summed E-state index contributed by atoms with van der Waals surface area (Å²) < 4.78 is 45.2. The van der Waals surface area contributed by atoms with Gasteiger partial charge in [-0.05, 0) is 55.6 Å². The zero-order valence-electron chi connectivity index (χ0n) is 19.9. The second-order valence-electron chi connectivity index (χ2n) is 10.4. The number of pyridine rings is 1. The van der Waals surface area contributed by atoms with E-state index in [0.29, 0.717) is 36.2 Å². The third-order valence-corrected chi connectivity index (χ3v) is 8.18. The van der Waals surface area contributed by atoms with Crippen molar-refractivity contribution in [1.82, 2.24) is 15.2 Å². The molecular weight excluding hydrogens is 431 g/mol. The van der Waals surface area contributed by atoms with Crippen LogP contribution in [0.1, 0.15) is 69.7 Å². The number of carbonyl (C=O) groups excluding carboxylic acids is 1. The van der Waals surface area contributed by atoms with Crippen LogP contribution in [-0.4, -0.2) is 47.6 Å². The highest BCUT2D eigenvalue weighted by Gasteiger charge is 2.50.